The summed E-state index contributed by atoms with van der Waals surface area (Å²) < 4.78 is 5.20. The van der Waals surface area contributed by atoms with E-state index in [-0.39, 0.29) is 5.54 Å². The second-order valence-corrected chi connectivity index (χ2v) is 6.26. The van der Waals surface area contributed by atoms with Gasteiger partial charge in [-0.1, -0.05) is 30.3 Å². The highest BCUT2D eigenvalue weighted by Gasteiger charge is 2.51. The Morgan fingerprint density at radius 1 is 1.42 bits per heavy atom. The molecule has 0 spiro atoms. The summed E-state index contributed by atoms with van der Waals surface area (Å²) in [5.41, 5.74) is 6.68. The molecule has 4 nitrogen and oxygen atoms in total. The van der Waals surface area contributed by atoms with Gasteiger partial charge >= 0.3 is 6.09 Å². The van der Waals surface area contributed by atoms with Crippen LogP contribution in [0.5, 0.6) is 0 Å². The first kappa shape index (κ1) is 13.9. The Bertz CT molecular complexity index is 453. The van der Waals surface area contributed by atoms with Gasteiger partial charge in [0.05, 0.1) is 0 Å². The SMILES string of the molecule is CC(C)(C)OC(=O)NCC1(N)CC1c1ccccc1. The maximum atomic E-state index is 11.6. The lowest BCUT2D eigenvalue weighted by Gasteiger charge is -2.21. The average molecular weight is 262 g/mol. The fraction of sp³-hybridized carbons (Fsp3) is 0.533. The van der Waals surface area contributed by atoms with Gasteiger partial charge in [0.15, 0.2) is 0 Å². The third-order valence-corrected chi connectivity index (χ3v) is 3.28. The van der Waals surface area contributed by atoms with E-state index in [9.17, 15) is 4.79 Å². The summed E-state index contributed by atoms with van der Waals surface area (Å²) >= 11 is 0. The predicted octanol–water partition coefficient (Wildman–Crippen LogP) is 2.40. The van der Waals surface area contributed by atoms with E-state index < -0.39 is 11.7 Å². The Labute approximate surface area is 114 Å². The molecule has 1 aromatic carbocycles. The van der Waals surface area contributed by atoms with Crippen molar-refractivity contribution in [2.24, 2.45) is 5.73 Å². The molecule has 2 unspecified atom stereocenters. The maximum absolute atomic E-state index is 11.6. The minimum absolute atomic E-state index is 0.323. The minimum atomic E-state index is -0.478. The summed E-state index contributed by atoms with van der Waals surface area (Å²) in [5, 5.41) is 2.76. The monoisotopic (exact) mass is 262 g/mol. The highest BCUT2D eigenvalue weighted by molar-refractivity contribution is 5.68. The number of ether oxygens (including phenoxy) is 1. The Kier molecular flexibility index (Phi) is 3.54. The van der Waals surface area contributed by atoms with Crippen LogP contribution in [-0.2, 0) is 4.74 Å². The molecule has 1 amide bonds. The van der Waals surface area contributed by atoms with Crippen molar-refractivity contribution in [3.05, 3.63) is 35.9 Å². The van der Waals surface area contributed by atoms with Crippen LogP contribution in [0.1, 0.15) is 38.7 Å². The number of hydrogen-bond donors (Lipinski definition) is 2. The molecule has 1 aliphatic rings. The zero-order chi connectivity index (χ0) is 14.1. The Hall–Kier alpha value is -1.55. The fourth-order valence-electron chi connectivity index (χ4n) is 2.20. The molecule has 0 bridgehead atoms. The Balaban J connectivity index is 1.84. The van der Waals surface area contributed by atoms with E-state index in [0.717, 1.165) is 6.42 Å². The maximum Gasteiger partial charge on any atom is 0.407 e. The normalized spacial score (nSPS) is 25.8. The van der Waals surface area contributed by atoms with Crippen molar-refractivity contribution in [2.45, 2.75) is 44.2 Å². The van der Waals surface area contributed by atoms with Gasteiger partial charge in [-0.3, -0.25) is 0 Å². The van der Waals surface area contributed by atoms with Crippen LogP contribution in [0.15, 0.2) is 30.3 Å². The van der Waals surface area contributed by atoms with E-state index in [4.69, 9.17) is 10.5 Å². The Morgan fingerprint density at radius 2 is 2.05 bits per heavy atom. The van der Waals surface area contributed by atoms with E-state index in [1.807, 2.05) is 39.0 Å². The molecule has 3 N–H and O–H groups in total. The highest BCUT2D eigenvalue weighted by Crippen LogP contribution is 2.48. The van der Waals surface area contributed by atoms with Crippen molar-refractivity contribution in [1.82, 2.24) is 5.32 Å². The molecule has 0 saturated heterocycles. The first-order valence-electron chi connectivity index (χ1n) is 6.61. The number of carbonyl (C=O) groups is 1. The lowest BCUT2D eigenvalue weighted by atomic mass is 10.1. The summed E-state index contributed by atoms with van der Waals surface area (Å²) in [6, 6.07) is 10.2. The minimum Gasteiger partial charge on any atom is -0.444 e. The lowest BCUT2D eigenvalue weighted by molar-refractivity contribution is 0.0522. The predicted molar refractivity (Wildman–Crippen MR) is 75.0 cm³/mol. The third kappa shape index (κ3) is 3.70. The molecule has 104 valence electrons. The number of carbonyl (C=O) groups excluding carboxylic acids is 1. The van der Waals surface area contributed by atoms with Crippen LogP contribution in [-0.4, -0.2) is 23.8 Å². The molecule has 19 heavy (non-hydrogen) atoms. The zero-order valence-electron chi connectivity index (χ0n) is 11.8. The molecule has 1 fully saturated rings. The largest absolute Gasteiger partial charge is 0.444 e. The number of rotatable bonds is 3. The first-order chi connectivity index (χ1) is 8.80. The molecule has 0 heterocycles. The Morgan fingerprint density at radius 3 is 2.63 bits per heavy atom. The number of amides is 1. The molecular weight excluding hydrogens is 240 g/mol. The van der Waals surface area contributed by atoms with Gasteiger partial charge in [-0.25, -0.2) is 4.79 Å². The average Bonchev–Trinajstić information content (AvgIpc) is 2.99. The molecular formula is C15H22N2O2. The van der Waals surface area contributed by atoms with Crippen LogP contribution in [0.4, 0.5) is 4.79 Å². The highest BCUT2D eigenvalue weighted by atomic mass is 16.6. The van der Waals surface area contributed by atoms with Gasteiger partial charge in [0.1, 0.15) is 5.60 Å². The summed E-state index contributed by atoms with van der Waals surface area (Å²) in [5.74, 6) is 0.323. The molecule has 0 aromatic heterocycles. The second-order valence-electron chi connectivity index (χ2n) is 6.26. The summed E-state index contributed by atoms with van der Waals surface area (Å²) in [6.45, 7) is 5.97. The van der Waals surface area contributed by atoms with Crippen molar-refractivity contribution in [2.75, 3.05) is 6.54 Å². The van der Waals surface area contributed by atoms with E-state index >= 15 is 0 Å². The van der Waals surface area contributed by atoms with E-state index in [1.54, 1.807) is 0 Å². The van der Waals surface area contributed by atoms with Gasteiger partial charge < -0.3 is 15.8 Å². The van der Waals surface area contributed by atoms with Crippen LogP contribution < -0.4 is 11.1 Å². The van der Waals surface area contributed by atoms with Crippen LogP contribution >= 0.6 is 0 Å². The zero-order valence-corrected chi connectivity index (χ0v) is 11.8. The lowest BCUT2D eigenvalue weighted by Crippen LogP contribution is -2.42. The van der Waals surface area contributed by atoms with Crippen molar-refractivity contribution < 1.29 is 9.53 Å². The number of nitrogens with one attached hydrogen (secondary N) is 1. The summed E-state index contributed by atoms with van der Waals surface area (Å²) in [4.78, 5) is 11.6. The van der Waals surface area contributed by atoms with E-state index in [1.165, 1.54) is 5.56 Å². The third-order valence-electron chi connectivity index (χ3n) is 3.28. The number of benzene rings is 1. The number of nitrogens with two attached hydrogens (primary N) is 1. The fourth-order valence-corrected chi connectivity index (χ4v) is 2.20. The number of alkyl carbamates (subject to hydrolysis) is 1. The first-order valence-corrected chi connectivity index (χ1v) is 6.61. The van der Waals surface area contributed by atoms with E-state index in [2.05, 4.69) is 17.4 Å². The topological polar surface area (TPSA) is 64.3 Å². The van der Waals surface area contributed by atoms with Gasteiger partial charge in [-0.15, -0.1) is 0 Å². The molecule has 2 rings (SSSR count). The van der Waals surface area contributed by atoms with E-state index in [0.29, 0.717) is 12.5 Å². The van der Waals surface area contributed by atoms with Gasteiger partial charge in [-0.05, 0) is 32.8 Å². The van der Waals surface area contributed by atoms with Crippen molar-refractivity contribution in [3.8, 4) is 0 Å². The van der Waals surface area contributed by atoms with Crippen molar-refractivity contribution in [3.63, 3.8) is 0 Å². The quantitative estimate of drug-likeness (QED) is 0.879. The second kappa shape index (κ2) is 4.85. The van der Waals surface area contributed by atoms with Crippen LogP contribution in [0.25, 0.3) is 0 Å². The molecule has 1 aromatic rings. The molecule has 1 saturated carbocycles. The molecule has 0 aliphatic heterocycles. The van der Waals surface area contributed by atoms with Gasteiger partial charge in [0.25, 0.3) is 0 Å². The molecule has 2 atom stereocenters. The molecule has 0 radical (unpaired) electrons. The van der Waals surface area contributed by atoms with Gasteiger partial charge in [-0.2, -0.15) is 0 Å². The van der Waals surface area contributed by atoms with Gasteiger partial charge in [0, 0.05) is 18.0 Å². The van der Waals surface area contributed by atoms with Crippen molar-refractivity contribution >= 4 is 6.09 Å². The number of hydrogen-bond acceptors (Lipinski definition) is 3. The van der Waals surface area contributed by atoms with Crippen LogP contribution in [0.3, 0.4) is 0 Å². The standard InChI is InChI=1S/C15H22N2O2/c1-14(2,3)19-13(18)17-10-15(16)9-12(15)11-7-5-4-6-8-11/h4-8,12H,9-10,16H2,1-3H3,(H,17,18). The van der Waals surface area contributed by atoms with Crippen LogP contribution in [0.2, 0.25) is 0 Å². The van der Waals surface area contributed by atoms with Crippen LogP contribution in [0, 0.1) is 0 Å². The molecule has 4 heteroatoms. The summed E-state index contributed by atoms with van der Waals surface area (Å²) in [7, 11) is 0. The molecule has 1 aliphatic carbocycles. The van der Waals surface area contributed by atoms with Gasteiger partial charge in [0.2, 0.25) is 0 Å². The smallest absolute Gasteiger partial charge is 0.407 e. The van der Waals surface area contributed by atoms with Crippen molar-refractivity contribution in [1.29, 1.82) is 0 Å². The summed E-state index contributed by atoms with van der Waals surface area (Å²) in [6.07, 6.45) is 0.489.